The van der Waals surface area contributed by atoms with Gasteiger partial charge in [-0.15, -0.1) is 0 Å². The zero-order valence-electron chi connectivity index (χ0n) is 22.1. The van der Waals surface area contributed by atoms with E-state index in [0.717, 1.165) is 0 Å². The molecule has 3 aromatic carbocycles. The van der Waals surface area contributed by atoms with Crippen LogP contribution in [0.1, 0.15) is 16.7 Å². The van der Waals surface area contributed by atoms with Crippen LogP contribution in [0, 0.1) is 0 Å². The molecule has 0 amide bonds. The van der Waals surface area contributed by atoms with Crippen molar-refractivity contribution in [3.8, 4) is 17.2 Å². The highest BCUT2D eigenvalue weighted by molar-refractivity contribution is 5.75. The fourth-order valence-electron chi connectivity index (χ4n) is 4.50. The normalized spacial score (nSPS) is 23.5. The van der Waals surface area contributed by atoms with Crippen LogP contribution in [0.4, 0.5) is 0 Å². The van der Waals surface area contributed by atoms with Crippen molar-refractivity contribution in [3.05, 3.63) is 89.5 Å². The van der Waals surface area contributed by atoms with Crippen LogP contribution in [0.25, 0.3) is 0 Å². The van der Waals surface area contributed by atoms with Gasteiger partial charge in [0.05, 0.1) is 19.3 Å². The second kappa shape index (κ2) is 13.3. The van der Waals surface area contributed by atoms with E-state index in [4.69, 9.17) is 14.2 Å². The van der Waals surface area contributed by atoms with Gasteiger partial charge < -0.3 is 44.8 Å². The first kappa shape index (κ1) is 30.3. The molecule has 0 aromatic heterocycles. The summed E-state index contributed by atoms with van der Waals surface area (Å²) in [6.07, 6.45) is -12.0. The molecule has 12 heteroatoms. The number of rotatable bonds is 9. The largest absolute Gasteiger partial charge is 0.508 e. The van der Waals surface area contributed by atoms with Crippen molar-refractivity contribution in [1.29, 1.82) is 0 Å². The number of aliphatic hydroxyl groups is 3. The van der Waals surface area contributed by atoms with Crippen molar-refractivity contribution in [3.63, 3.8) is 0 Å². The van der Waals surface area contributed by atoms with Crippen molar-refractivity contribution in [2.75, 3.05) is 0 Å². The van der Waals surface area contributed by atoms with Crippen LogP contribution in [0.3, 0.4) is 0 Å². The molecule has 4 rings (SSSR count). The fourth-order valence-corrected chi connectivity index (χ4v) is 4.50. The molecule has 0 radical (unpaired) electrons. The number of phenolic OH excluding ortho intramolecular Hbond substituents is 3. The van der Waals surface area contributed by atoms with Crippen LogP contribution >= 0.6 is 0 Å². The second-order valence-corrected chi connectivity index (χ2v) is 9.86. The summed E-state index contributed by atoms with van der Waals surface area (Å²) < 4.78 is 16.4. The molecule has 1 aliphatic rings. The van der Waals surface area contributed by atoms with Crippen molar-refractivity contribution in [1.82, 2.24) is 0 Å². The molecule has 42 heavy (non-hydrogen) atoms. The molecule has 4 atom stereocenters. The predicted octanol–water partition coefficient (Wildman–Crippen LogP) is 0.663. The molecule has 0 heterocycles. The highest BCUT2D eigenvalue weighted by Gasteiger charge is 2.55. The number of hydrogen-bond acceptors (Lipinski definition) is 12. The van der Waals surface area contributed by atoms with E-state index >= 15 is 0 Å². The summed E-state index contributed by atoms with van der Waals surface area (Å²) in [4.78, 5) is 38.6. The summed E-state index contributed by atoms with van der Waals surface area (Å²) in [5, 5.41) is 60.5. The number of hydrogen-bond donors (Lipinski definition) is 6. The zero-order chi connectivity index (χ0) is 30.4. The van der Waals surface area contributed by atoms with Crippen molar-refractivity contribution >= 4 is 17.9 Å². The number of carbonyl (C=O) groups is 3. The lowest BCUT2D eigenvalue weighted by Crippen LogP contribution is -2.66. The Hall–Kier alpha value is -4.65. The second-order valence-electron chi connectivity index (χ2n) is 9.86. The van der Waals surface area contributed by atoms with Gasteiger partial charge in [-0.05, 0) is 53.1 Å². The average molecular weight is 583 g/mol. The molecule has 0 bridgehead atoms. The van der Waals surface area contributed by atoms with E-state index in [1.165, 1.54) is 72.8 Å². The molecule has 0 spiro atoms. The summed E-state index contributed by atoms with van der Waals surface area (Å²) in [5.74, 6) is -2.78. The van der Waals surface area contributed by atoms with E-state index < -0.39 is 54.5 Å². The molecule has 0 saturated heterocycles. The van der Waals surface area contributed by atoms with Crippen molar-refractivity contribution in [2.45, 2.75) is 55.9 Å². The molecule has 222 valence electrons. The van der Waals surface area contributed by atoms with Crippen LogP contribution in [0.2, 0.25) is 0 Å². The third-order valence-corrected chi connectivity index (χ3v) is 6.68. The van der Waals surface area contributed by atoms with E-state index in [9.17, 15) is 45.0 Å². The molecule has 1 fully saturated rings. The minimum atomic E-state index is -1.95. The Kier molecular flexibility index (Phi) is 9.63. The summed E-state index contributed by atoms with van der Waals surface area (Å²) in [7, 11) is 0. The molecule has 4 unspecified atom stereocenters. The van der Waals surface area contributed by atoms with Crippen LogP contribution in [-0.2, 0) is 47.9 Å². The Bertz CT molecular complexity index is 1300. The van der Waals surface area contributed by atoms with E-state index in [-0.39, 0.29) is 36.5 Å². The first-order valence-corrected chi connectivity index (χ1v) is 13.0. The number of esters is 3. The quantitative estimate of drug-likeness (QED) is 0.152. The van der Waals surface area contributed by atoms with E-state index in [0.29, 0.717) is 16.7 Å². The van der Waals surface area contributed by atoms with E-state index in [1.54, 1.807) is 0 Å². The Morgan fingerprint density at radius 2 is 0.714 bits per heavy atom. The number of benzene rings is 3. The summed E-state index contributed by atoms with van der Waals surface area (Å²) in [5.41, 5.74) is 1.33. The van der Waals surface area contributed by atoms with Gasteiger partial charge in [0.25, 0.3) is 0 Å². The molecule has 12 nitrogen and oxygen atoms in total. The van der Waals surface area contributed by atoms with Crippen LogP contribution in [-0.4, -0.2) is 85.2 Å². The minimum Gasteiger partial charge on any atom is -0.508 e. The van der Waals surface area contributed by atoms with Gasteiger partial charge in [0.1, 0.15) is 35.6 Å². The lowest BCUT2D eigenvalue weighted by Gasteiger charge is -2.44. The average Bonchev–Trinajstić information content (AvgIpc) is 2.95. The van der Waals surface area contributed by atoms with Gasteiger partial charge in [-0.25, -0.2) is 0 Å². The van der Waals surface area contributed by atoms with Crippen LogP contribution in [0.15, 0.2) is 72.8 Å². The number of carbonyl (C=O) groups excluding carboxylic acids is 3. The number of ether oxygens (including phenoxy) is 3. The van der Waals surface area contributed by atoms with Crippen LogP contribution < -0.4 is 0 Å². The smallest absolute Gasteiger partial charge is 0.310 e. The van der Waals surface area contributed by atoms with Gasteiger partial charge in [-0.3, -0.25) is 14.4 Å². The molecule has 0 aliphatic heterocycles. The number of aliphatic hydroxyl groups excluding tert-OH is 3. The zero-order valence-corrected chi connectivity index (χ0v) is 22.1. The third-order valence-electron chi connectivity index (χ3n) is 6.68. The van der Waals surface area contributed by atoms with Crippen molar-refractivity contribution < 1.29 is 59.2 Å². The Balaban J connectivity index is 1.57. The molecule has 6 N–H and O–H groups in total. The molecular weight excluding hydrogens is 552 g/mol. The maximum Gasteiger partial charge on any atom is 0.310 e. The summed E-state index contributed by atoms with van der Waals surface area (Å²) >= 11 is 0. The van der Waals surface area contributed by atoms with Crippen molar-refractivity contribution in [2.24, 2.45) is 0 Å². The lowest BCUT2D eigenvalue weighted by atomic mass is 9.84. The molecule has 1 aliphatic carbocycles. The summed E-state index contributed by atoms with van der Waals surface area (Å²) in [6.45, 7) is 0. The Morgan fingerprint density at radius 1 is 0.452 bits per heavy atom. The lowest BCUT2D eigenvalue weighted by molar-refractivity contribution is -0.247. The van der Waals surface area contributed by atoms with Gasteiger partial charge in [-0.1, -0.05) is 36.4 Å². The maximum absolute atomic E-state index is 12.9. The van der Waals surface area contributed by atoms with E-state index in [2.05, 4.69) is 0 Å². The van der Waals surface area contributed by atoms with Gasteiger partial charge in [0.15, 0.2) is 18.3 Å². The van der Waals surface area contributed by atoms with E-state index in [1.807, 2.05) is 0 Å². The Morgan fingerprint density at radius 3 is 1.00 bits per heavy atom. The molecule has 3 aromatic rings. The van der Waals surface area contributed by atoms with Gasteiger partial charge in [0.2, 0.25) is 0 Å². The first-order valence-electron chi connectivity index (χ1n) is 13.0. The minimum absolute atomic E-state index is 0.0236. The highest BCUT2D eigenvalue weighted by Crippen LogP contribution is 2.30. The monoisotopic (exact) mass is 582 g/mol. The maximum atomic E-state index is 12.9. The van der Waals surface area contributed by atoms with Gasteiger partial charge in [-0.2, -0.15) is 0 Å². The van der Waals surface area contributed by atoms with Gasteiger partial charge >= 0.3 is 17.9 Å². The fraction of sp³-hybridized carbons (Fsp3) is 0.300. The first-order chi connectivity index (χ1) is 20.0. The Labute approximate surface area is 240 Å². The predicted molar refractivity (Wildman–Crippen MR) is 143 cm³/mol. The topological polar surface area (TPSA) is 200 Å². The highest BCUT2D eigenvalue weighted by atomic mass is 16.6. The van der Waals surface area contributed by atoms with Gasteiger partial charge in [0, 0.05) is 0 Å². The number of aromatic hydroxyl groups is 3. The van der Waals surface area contributed by atoms with Crippen LogP contribution in [0.5, 0.6) is 17.2 Å². The molecule has 1 saturated carbocycles. The molecular formula is C30H30O12. The SMILES string of the molecule is O=C(Cc1ccc(O)cc1)OC1C(O)C(O)C(O)C(OC(=O)Cc2ccc(O)cc2)C1OC(=O)Cc1ccc(O)cc1. The third kappa shape index (κ3) is 7.75. The summed E-state index contributed by atoms with van der Waals surface area (Å²) in [6, 6.07) is 16.9. The number of phenols is 3. The standard InChI is InChI=1S/C30H30O12/c31-19-7-1-16(2-8-19)13-22(34)40-28-26(38)25(37)27(39)29(41-23(35)14-17-3-9-20(32)10-4-17)30(28)42-24(36)15-18-5-11-21(33)12-6-18/h1-12,25-33,37-39H,13-15H2.